The van der Waals surface area contributed by atoms with Crippen LogP contribution in [-0.4, -0.2) is 27.1 Å². The molecule has 2 aromatic rings. The zero-order chi connectivity index (χ0) is 13.2. The van der Waals surface area contributed by atoms with Gasteiger partial charge < -0.3 is 9.88 Å². The Morgan fingerprint density at radius 3 is 3.16 bits per heavy atom. The summed E-state index contributed by atoms with van der Waals surface area (Å²) in [6.07, 6.45) is 6.76. The minimum atomic E-state index is 0.637. The standard InChI is InChI=1S/C14H19ClN4/c1-10-18-13-8-11(15)9-17-14(13)19(10)7-5-12-4-2-3-6-16-12/h8-9,12,16H,2-7H2,1H3. The summed E-state index contributed by atoms with van der Waals surface area (Å²) in [6.45, 7) is 4.15. The number of nitrogens with one attached hydrogen (secondary N) is 1. The molecule has 2 aromatic heterocycles. The van der Waals surface area contributed by atoms with Gasteiger partial charge in [0.15, 0.2) is 5.65 Å². The third-order valence-corrected chi connectivity index (χ3v) is 4.06. The van der Waals surface area contributed by atoms with Crippen molar-refractivity contribution < 1.29 is 0 Å². The first-order valence-electron chi connectivity index (χ1n) is 6.96. The summed E-state index contributed by atoms with van der Waals surface area (Å²) in [5.74, 6) is 1.01. The Morgan fingerprint density at radius 1 is 1.47 bits per heavy atom. The van der Waals surface area contributed by atoms with Crippen molar-refractivity contribution in [2.75, 3.05) is 6.54 Å². The smallest absolute Gasteiger partial charge is 0.160 e. The number of aryl methyl sites for hydroxylation is 2. The van der Waals surface area contributed by atoms with E-state index in [2.05, 4.69) is 19.9 Å². The molecule has 1 saturated heterocycles. The van der Waals surface area contributed by atoms with Crippen molar-refractivity contribution in [1.29, 1.82) is 0 Å². The van der Waals surface area contributed by atoms with Gasteiger partial charge in [-0.15, -0.1) is 0 Å². The Balaban J connectivity index is 1.78. The highest BCUT2D eigenvalue weighted by molar-refractivity contribution is 6.31. The molecule has 19 heavy (non-hydrogen) atoms. The van der Waals surface area contributed by atoms with Gasteiger partial charge in [-0.05, 0) is 38.8 Å². The molecule has 0 saturated carbocycles. The van der Waals surface area contributed by atoms with Gasteiger partial charge in [-0.2, -0.15) is 0 Å². The summed E-state index contributed by atoms with van der Waals surface area (Å²) in [7, 11) is 0. The first-order chi connectivity index (χ1) is 9.24. The van der Waals surface area contributed by atoms with Crippen LogP contribution in [0.4, 0.5) is 0 Å². The fourth-order valence-corrected chi connectivity index (χ4v) is 2.97. The Labute approximate surface area is 118 Å². The normalized spacial score (nSPS) is 20.0. The molecule has 0 aromatic carbocycles. The number of aromatic nitrogens is 3. The van der Waals surface area contributed by atoms with Crippen LogP contribution in [0.25, 0.3) is 11.2 Å². The van der Waals surface area contributed by atoms with Crippen LogP contribution in [0.15, 0.2) is 12.3 Å². The van der Waals surface area contributed by atoms with E-state index >= 15 is 0 Å². The molecule has 0 spiro atoms. The number of rotatable bonds is 3. The van der Waals surface area contributed by atoms with Crippen LogP contribution < -0.4 is 5.32 Å². The lowest BCUT2D eigenvalue weighted by Gasteiger charge is -2.23. The predicted molar refractivity (Wildman–Crippen MR) is 77.5 cm³/mol. The van der Waals surface area contributed by atoms with Crippen molar-refractivity contribution >= 4 is 22.8 Å². The Bertz CT molecular complexity index is 572. The van der Waals surface area contributed by atoms with Gasteiger partial charge in [0.2, 0.25) is 0 Å². The van der Waals surface area contributed by atoms with Crippen molar-refractivity contribution in [2.45, 2.75) is 45.2 Å². The predicted octanol–water partition coefficient (Wildman–Crippen LogP) is 2.93. The summed E-state index contributed by atoms with van der Waals surface area (Å²) >= 11 is 5.96. The van der Waals surface area contributed by atoms with Gasteiger partial charge in [0.1, 0.15) is 11.3 Å². The number of halogens is 1. The largest absolute Gasteiger partial charge is 0.314 e. The van der Waals surface area contributed by atoms with Gasteiger partial charge in [0.05, 0.1) is 5.02 Å². The number of piperidine rings is 1. The molecule has 102 valence electrons. The van der Waals surface area contributed by atoms with Crippen molar-refractivity contribution in [2.24, 2.45) is 0 Å². The number of pyridine rings is 1. The van der Waals surface area contributed by atoms with Crippen LogP contribution in [0.3, 0.4) is 0 Å². The van der Waals surface area contributed by atoms with Gasteiger partial charge in [0.25, 0.3) is 0 Å². The fourth-order valence-electron chi connectivity index (χ4n) is 2.82. The zero-order valence-corrected chi connectivity index (χ0v) is 12.0. The van der Waals surface area contributed by atoms with E-state index in [1.54, 1.807) is 6.20 Å². The van der Waals surface area contributed by atoms with Crippen molar-refractivity contribution in [1.82, 2.24) is 19.9 Å². The minimum absolute atomic E-state index is 0.637. The molecule has 1 unspecified atom stereocenters. The molecule has 1 aliphatic rings. The second-order valence-electron chi connectivity index (χ2n) is 5.24. The maximum Gasteiger partial charge on any atom is 0.160 e. The highest BCUT2D eigenvalue weighted by Crippen LogP contribution is 2.19. The average molecular weight is 279 g/mol. The van der Waals surface area contributed by atoms with Crippen LogP contribution in [-0.2, 0) is 6.54 Å². The van der Waals surface area contributed by atoms with Crippen LogP contribution in [0.2, 0.25) is 5.02 Å². The number of imidazole rings is 1. The van der Waals surface area contributed by atoms with E-state index in [1.807, 2.05) is 13.0 Å². The second-order valence-corrected chi connectivity index (χ2v) is 5.68. The van der Waals surface area contributed by atoms with E-state index in [0.29, 0.717) is 11.1 Å². The number of fused-ring (bicyclic) bond motifs is 1. The molecule has 1 aliphatic heterocycles. The summed E-state index contributed by atoms with van der Waals surface area (Å²) in [5, 5.41) is 4.23. The molecule has 0 aliphatic carbocycles. The van der Waals surface area contributed by atoms with Gasteiger partial charge in [0, 0.05) is 18.8 Å². The Hall–Kier alpha value is -1.13. The number of nitrogens with zero attached hydrogens (tertiary/aromatic N) is 3. The van der Waals surface area contributed by atoms with Crippen molar-refractivity contribution in [3.63, 3.8) is 0 Å². The van der Waals surface area contributed by atoms with E-state index in [0.717, 1.165) is 36.5 Å². The highest BCUT2D eigenvalue weighted by atomic mass is 35.5. The van der Waals surface area contributed by atoms with E-state index in [9.17, 15) is 0 Å². The van der Waals surface area contributed by atoms with Gasteiger partial charge in [-0.3, -0.25) is 0 Å². The summed E-state index contributed by atoms with van der Waals surface area (Å²) in [6, 6.07) is 2.52. The van der Waals surface area contributed by atoms with Crippen LogP contribution >= 0.6 is 11.6 Å². The lowest BCUT2D eigenvalue weighted by Crippen LogP contribution is -2.34. The molecule has 3 heterocycles. The first kappa shape index (κ1) is 12.9. The lowest BCUT2D eigenvalue weighted by atomic mass is 10.0. The molecule has 0 radical (unpaired) electrons. The molecule has 0 bridgehead atoms. The zero-order valence-electron chi connectivity index (χ0n) is 11.2. The van der Waals surface area contributed by atoms with E-state index in [4.69, 9.17) is 11.6 Å². The second kappa shape index (κ2) is 5.47. The highest BCUT2D eigenvalue weighted by Gasteiger charge is 2.14. The molecule has 1 N–H and O–H groups in total. The van der Waals surface area contributed by atoms with Crippen molar-refractivity contribution in [3.05, 3.63) is 23.1 Å². The van der Waals surface area contributed by atoms with Crippen molar-refractivity contribution in [3.8, 4) is 0 Å². The van der Waals surface area contributed by atoms with Gasteiger partial charge in [-0.25, -0.2) is 9.97 Å². The fraction of sp³-hybridized carbons (Fsp3) is 0.571. The number of hydrogen-bond acceptors (Lipinski definition) is 3. The summed E-state index contributed by atoms with van der Waals surface area (Å²) in [4.78, 5) is 8.95. The van der Waals surface area contributed by atoms with Gasteiger partial charge >= 0.3 is 0 Å². The third kappa shape index (κ3) is 2.74. The molecule has 5 heteroatoms. The monoisotopic (exact) mass is 278 g/mol. The lowest BCUT2D eigenvalue weighted by molar-refractivity contribution is 0.367. The molecular formula is C14H19ClN4. The van der Waals surface area contributed by atoms with Crippen LogP contribution in [0.5, 0.6) is 0 Å². The third-order valence-electron chi connectivity index (χ3n) is 3.86. The summed E-state index contributed by atoms with van der Waals surface area (Å²) < 4.78 is 2.20. The summed E-state index contributed by atoms with van der Waals surface area (Å²) in [5.41, 5.74) is 1.83. The quantitative estimate of drug-likeness (QED) is 0.939. The van der Waals surface area contributed by atoms with E-state index in [1.165, 1.54) is 19.3 Å². The number of hydrogen-bond donors (Lipinski definition) is 1. The minimum Gasteiger partial charge on any atom is -0.314 e. The topological polar surface area (TPSA) is 42.7 Å². The SMILES string of the molecule is Cc1nc2cc(Cl)cnc2n1CCC1CCCCN1. The van der Waals surface area contributed by atoms with E-state index < -0.39 is 0 Å². The molecule has 4 nitrogen and oxygen atoms in total. The average Bonchev–Trinajstić information content (AvgIpc) is 2.72. The molecule has 3 rings (SSSR count). The van der Waals surface area contributed by atoms with E-state index in [-0.39, 0.29) is 0 Å². The molecule has 1 fully saturated rings. The molecule has 1 atom stereocenters. The van der Waals surface area contributed by atoms with Gasteiger partial charge in [-0.1, -0.05) is 18.0 Å². The molecular weight excluding hydrogens is 260 g/mol. The maximum absolute atomic E-state index is 5.96. The Morgan fingerprint density at radius 2 is 2.37 bits per heavy atom. The molecule has 0 amide bonds. The first-order valence-corrected chi connectivity index (χ1v) is 7.33. The van der Waals surface area contributed by atoms with Crippen LogP contribution in [0.1, 0.15) is 31.5 Å². The van der Waals surface area contributed by atoms with Crippen LogP contribution in [0, 0.1) is 6.92 Å². The maximum atomic E-state index is 5.96. The Kier molecular flexibility index (Phi) is 3.71.